The van der Waals surface area contributed by atoms with E-state index in [1.165, 1.54) is 18.4 Å². The van der Waals surface area contributed by atoms with Crippen molar-refractivity contribution in [3.8, 4) is 0 Å². The molecule has 0 aromatic carbocycles. The number of hydrogen-bond donors (Lipinski definition) is 1. The number of nitrogens with one attached hydrogen (secondary N) is 1. The van der Waals surface area contributed by atoms with Gasteiger partial charge in [-0.05, 0) is 56.5 Å². The number of hydrogen-bond acceptors (Lipinski definition) is 4. The molecular weight excluding hydrogens is 238 g/mol. The number of pyridine rings is 1. The van der Waals surface area contributed by atoms with E-state index in [1.807, 2.05) is 4.52 Å². The average Bonchev–Trinajstić information content (AvgIpc) is 2.86. The van der Waals surface area contributed by atoms with E-state index >= 15 is 0 Å². The molecule has 5 nitrogen and oxygen atoms in total. The summed E-state index contributed by atoms with van der Waals surface area (Å²) in [5.74, 6) is 1.90. The second kappa shape index (κ2) is 5.17. The van der Waals surface area contributed by atoms with E-state index < -0.39 is 0 Å². The lowest BCUT2D eigenvalue weighted by atomic mass is 9.98. The van der Waals surface area contributed by atoms with Crippen molar-refractivity contribution < 1.29 is 0 Å². The summed E-state index contributed by atoms with van der Waals surface area (Å²) in [6.07, 6.45) is 4.14. The van der Waals surface area contributed by atoms with Crippen LogP contribution in [-0.2, 0) is 0 Å². The molecule has 0 unspecified atom stereocenters. The summed E-state index contributed by atoms with van der Waals surface area (Å²) in [6, 6.07) is 4.25. The highest BCUT2D eigenvalue weighted by Gasteiger charge is 2.17. The van der Waals surface area contributed by atoms with Gasteiger partial charge in [0.05, 0.1) is 0 Å². The van der Waals surface area contributed by atoms with Crippen LogP contribution in [0.4, 0.5) is 5.82 Å². The van der Waals surface area contributed by atoms with Crippen LogP contribution in [0, 0.1) is 12.8 Å². The molecule has 102 valence electrons. The number of fused-ring (bicyclic) bond motifs is 1. The number of anilines is 1. The minimum Gasteiger partial charge on any atom is -0.359 e. The number of rotatable bonds is 3. The Labute approximate surface area is 113 Å². The molecule has 1 N–H and O–H groups in total. The van der Waals surface area contributed by atoms with Crippen LogP contribution in [0.5, 0.6) is 0 Å². The monoisotopic (exact) mass is 259 g/mol. The summed E-state index contributed by atoms with van der Waals surface area (Å²) in [6.45, 7) is 5.48. The van der Waals surface area contributed by atoms with Gasteiger partial charge in [0.15, 0.2) is 5.65 Å². The molecule has 0 amide bonds. The minimum atomic E-state index is 0.769. The first-order chi connectivity index (χ1) is 9.24. The van der Waals surface area contributed by atoms with E-state index in [0.29, 0.717) is 0 Å². The van der Waals surface area contributed by atoms with Crippen LogP contribution in [0.15, 0.2) is 18.5 Å². The number of aromatic nitrogens is 3. The largest absolute Gasteiger partial charge is 0.359 e. The molecule has 0 radical (unpaired) electrons. The summed E-state index contributed by atoms with van der Waals surface area (Å²) < 4.78 is 1.92. The zero-order valence-electron chi connectivity index (χ0n) is 11.6. The van der Waals surface area contributed by atoms with Crippen molar-refractivity contribution in [1.82, 2.24) is 19.9 Å². The van der Waals surface area contributed by atoms with Gasteiger partial charge in [0.25, 0.3) is 0 Å². The normalized spacial score (nSPS) is 16.9. The SMILES string of the molecule is Cc1cc(N(C)CC2CCNCC2)n2ncnc2c1. The lowest BCUT2D eigenvalue weighted by molar-refractivity contribution is 0.377. The fraction of sp³-hybridized carbons (Fsp3) is 0.571. The van der Waals surface area contributed by atoms with Gasteiger partial charge in [-0.2, -0.15) is 9.61 Å². The molecule has 0 saturated carbocycles. The third-order valence-electron chi connectivity index (χ3n) is 3.89. The third-order valence-corrected chi connectivity index (χ3v) is 3.89. The maximum atomic E-state index is 4.33. The second-order valence-corrected chi connectivity index (χ2v) is 5.49. The molecule has 0 aliphatic carbocycles. The van der Waals surface area contributed by atoms with Crippen molar-refractivity contribution >= 4 is 11.5 Å². The van der Waals surface area contributed by atoms with Gasteiger partial charge in [-0.3, -0.25) is 0 Å². The quantitative estimate of drug-likeness (QED) is 0.907. The van der Waals surface area contributed by atoms with Crippen molar-refractivity contribution in [2.24, 2.45) is 5.92 Å². The van der Waals surface area contributed by atoms with Crippen molar-refractivity contribution in [3.05, 3.63) is 24.0 Å². The van der Waals surface area contributed by atoms with Gasteiger partial charge >= 0.3 is 0 Å². The molecule has 0 spiro atoms. The highest BCUT2D eigenvalue weighted by molar-refractivity contribution is 5.52. The topological polar surface area (TPSA) is 45.5 Å². The maximum absolute atomic E-state index is 4.33. The van der Waals surface area contributed by atoms with Crippen LogP contribution < -0.4 is 10.2 Å². The Balaban J connectivity index is 1.83. The molecule has 2 aromatic heterocycles. The molecule has 1 fully saturated rings. The van der Waals surface area contributed by atoms with Crippen molar-refractivity contribution in [2.45, 2.75) is 19.8 Å². The molecule has 0 bridgehead atoms. The standard InChI is InChI=1S/C14H21N5/c1-11-7-13-16-10-17-19(13)14(8-11)18(2)9-12-3-5-15-6-4-12/h7-8,10,12,15H,3-6,9H2,1-2H3. The molecule has 3 heterocycles. The summed E-state index contributed by atoms with van der Waals surface area (Å²) >= 11 is 0. The Bertz CT molecular complexity index is 556. The van der Waals surface area contributed by atoms with Crippen molar-refractivity contribution in [1.29, 1.82) is 0 Å². The number of piperidine rings is 1. The van der Waals surface area contributed by atoms with E-state index in [9.17, 15) is 0 Å². The first-order valence-corrected chi connectivity index (χ1v) is 6.96. The predicted octanol–water partition coefficient (Wildman–Crippen LogP) is 1.47. The first kappa shape index (κ1) is 12.4. The first-order valence-electron chi connectivity index (χ1n) is 6.96. The lowest BCUT2D eigenvalue weighted by Crippen LogP contribution is -2.35. The van der Waals surface area contributed by atoms with Crippen molar-refractivity contribution in [3.63, 3.8) is 0 Å². The van der Waals surface area contributed by atoms with Crippen molar-refractivity contribution in [2.75, 3.05) is 31.6 Å². The van der Waals surface area contributed by atoms with Crippen LogP contribution in [0.1, 0.15) is 18.4 Å². The van der Waals surface area contributed by atoms with Crippen LogP contribution in [0.3, 0.4) is 0 Å². The van der Waals surface area contributed by atoms with E-state index in [1.54, 1.807) is 6.33 Å². The molecule has 19 heavy (non-hydrogen) atoms. The predicted molar refractivity (Wildman–Crippen MR) is 76.6 cm³/mol. The van der Waals surface area contributed by atoms with Crippen LogP contribution in [0.2, 0.25) is 0 Å². The van der Waals surface area contributed by atoms with Gasteiger partial charge in [0.2, 0.25) is 0 Å². The van der Waals surface area contributed by atoms with Crippen LogP contribution >= 0.6 is 0 Å². The van der Waals surface area contributed by atoms with Gasteiger partial charge in [0.1, 0.15) is 12.1 Å². The summed E-state index contributed by atoms with van der Waals surface area (Å²) in [4.78, 5) is 6.59. The van der Waals surface area contributed by atoms with Crippen LogP contribution in [-0.4, -0.2) is 41.3 Å². The van der Waals surface area contributed by atoms with Gasteiger partial charge in [-0.1, -0.05) is 0 Å². The Kier molecular flexibility index (Phi) is 3.38. The van der Waals surface area contributed by atoms with Gasteiger partial charge in [-0.25, -0.2) is 4.98 Å². The molecule has 1 saturated heterocycles. The Morgan fingerprint density at radius 1 is 1.37 bits per heavy atom. The average molecular weight is 259 g/mol. The second-order valence-electron chi connectivity index (χ2n) is 5.49. The zero-order valence-corrected chi connectivity index (χ0v) is 11.6. The van der Waals surface area contributed by atoms with Gasteiger partial charge < -0.3 is 10.2 Å². The molecule has 5 heteroatoms. The minimum absolute atomic E-state index is 0.769. The summed E-state index contributed by atoms with van der Waals surface area (Å²) in [5.41, 5.74) is 2.15. The number of nitrogens with zero attached hydrogens (tertiary/aromatic N) is 4. The van der Waals surface area contributed by atoms with Gasteiger partial charge in [-0.15, -0.1) is 0 Å². The highest BCUT2D eigenvalue weighted by atomic mass is 15.4. The fourth-order valence-electron chi connectivity index (χ4n) is 2.85. The Hall–Kier alpha value is -1.62. The molecule has 3 rings (SSSR count). The molecule has 1 aliphatic rings. The molecular formula is C14H21N5. The van der Waals surface area contributed by atoms with E-state index in [4.69, 9.17) is 0 Å². The van der Waals surface area contributed by atoms with E-state index in [0.717, 1.165) is 37.0 Å². The molecule has 1 aliphatic heterocycles. The Morgan fingerprint density at radius 3 is 2.95 bits per heavy atom. The molecule has 0 atom stereocenters. The zero-order chi connectivity index (χ0) is 13.2. The summed E-state index contributed by atoms with van der Waals surface area (Å²) in [7, 11) is 2.15. The summed E-state index contributed by atoms with van der Waals surface area (Å²) in [5, 5.41) is 7.74. The van der Waals surface area contributed by atoms with E-state index in [-0.39, 0.29) is 0 Å². The fourth-order valence-corrected chi connectivity index (χ4v) is 2.85. The van der Waals surface area contributed by atoms with E-state index in [2.05, 4.69) is 46.4 Å². The smallest absolute Gasteiger partial charge is 0.157 e. The maximum Gasteiger partial charge on any atom is 0.157 e. The lowest BCUT2D eigenvalue weighted by Gasteiger charge is -2.29. The van der Waals surface area contributed by atoms with Gasteiger partial charge in [0, 0.05) is 13.6 Å². The number of aryl methyl sites for hydroxylation is 1. The Morgan fingerprint density at radius 2 is 2.16 bits per heavy atom. The molecule has 2 aromatic rings. The third kappa shape index (κ3) is 2.56. The highest BCUT2D eigenvalue weighted by Crippen LogP contribution is 2.20. The van der Waals surface area contributed by atoms with Crippen LogP contribution in [0.25, 0.3) is 5.65 Å².